The van der Waals surface area contributed by atoms with Crippen LogP contribution >= 0.6 is 15.9 Å². The number of carbonyl (C=O) groups excluding carboxylic acids is 1. The number of halogens is 1. The Kier molecular flexibility index (Phi) is 10.6. The van der Waals surface area contributed by atoms with E-state index in [9.17, 15) is 9.59 Å². The number of aromatic nitrogens is 2. The average molecular weight is 621 g/mol. The molecule has 0 radical (unpaired) electrons. The SMILES string of the molecule is CCCCCCC(=O)N(CCc1ccccc1)C(C)c1nc2ccccc2c(=O)n1-c1cc(OC)cc(OC)c1Br. The van der Waals surface area contributed by atoms with Crippen molar-refractivity contribution in [1.82, 2.24) is 14.5 Å². The Bertz CT molecular complexity index is 1540. The van der Waals surface area contributed by atoms with Crippen LogP contribution in [0.4, 0.5) is 0 Å². The highest BCUT2D eigenvalue weighted by Gasteiger charge is 2.28. The maximum atomic E-state index is 14.1. The molecule has 8 heteroatoms. The maximum Gasteiger partial charge on any atom is 0.266 e. The average Bonchev–Trinajstić information content (AvgIpc) is 3.00. The highest BCUT2D eigenvalue weighted by Crippen LogP contribution is 2.37. The standard InChI is InChI=1S/C33H38BrN3O4/c1-5-6-7-11-18-30(38)36(20-19-24-14-9-8-10-15-24)23(2)32-35-27-17-13-12-16-26(27)33(39)37(32)28-21-25(40-3)22-29(41-4)31(28)34/h8-10,12-17,21-23H,5-7,11,18-20H2,1-4H3. The van der Waals surface area contributed by atoms with E-state index < -0.39 is 6.04 Å². The third kappa shape index (κ3) is 6.99. The molecular weight excluding hydrogens is 582 g/mol. The maximum absolute atomic E-state index is 14.1. The largest absolute Gasteiger partial charge is 0.497 e. The predicted octanol–water partition coefficient (Wildman–Crippen LogP) is 7.27. The molecule has 0 aliphatic heterocycles. The fraction of sp³-hybridized carbons (Fsp3) is 0.364. The van der Waals surface area contributed by atoms with Gasteiger partial charge < -0.3 is 14.4 Å². The molecule has 1 unspecified atom stereocenters. The summed E-state index contributed by atoms with van der Waals surface area (Å²) in [5, 5.41) is 0.485. The number of unbranched alkanes of at least 4 members (excludes halogenated alkanes) is 3. The van der Waals surface area contributed by atoms with Crippen molar-refractivity contribution in [2.24, 2.45) is 0 Å². The number of para-hydroxylation sites is 1. The van der Waals surface area contributed by atoms with Crippen LogP contribution < -0.4 is 15.0 Å². The van der Waals surface area contributed by atoms with Crippen LogP contribution in [0, 0.1) is 0 Å². The van der Waals surface area contributed by atoms with Gasteiger partial charge in [-0.25, -0.2) is 4.98 Å². The molecule has 0 fully saturated rings. The van der Waals surface area contributed by atoms with Gasteiger partial charge in [-0.15, -0.1) is 0 Å². The van der Waals surface area contributed by atoms with Crippen molar-refractivity contribution in [3.05, 3.63) is 92.9 Å². The summed E-state index contributed by atoms with van der Waals surface area (Å²) in [5.74, 6) is 1.58. The van der Waals surface area contributed by atoms with Gasteiger partial charge >= 0.3 is 0 Å². The Labute approximate surface area is 250 Å². The lowest BCUT2D eigenvalue weighted by Crippen LogP contribution is -2.38. The van der Waals surface area contributed by atoms with E-state index in [4.69, 9.17) is 14.5 Å². The van der Waals surface area contributed by atoms with E-state index in [1.54, 1.807) is 37.0 Å². The molecule has 1 amide bonds. The summed E-state index contributed by atoms with van der Waals surface area (Å²) < 4.78 is 13.3. The summed E-state index contributed by atoms with van der Waals surface area (Å²) in [6.45, 7) is 4.61. The summed E-state index contributed by atoms with van der Waals surface area (Å²) in [5.41, 5.74) is 2.03. The molecule has 0 N–H and O–H groups in total. The minimum atomic E-state index is -0.487. The van der Waals surface area contributed by atoms with Crippen LogP contribution in [0.25, 0.3) is 16.6 Å². The van der Waals surface area contributed by atoms with E-state index in [-0.39, 0.29) is 11.5 Å². The minimum Gasteiger partial charge on any atom is -0.497 e. The normalized spacial score (nSPS) is 11.8. The Balaban J connectivity index is 1.86. The van der Waals surface area contributed by atoms with Crippen molar-refractivity contribution in [2.75, 3.05) is 20.8 Å². The Hall–Kier alpha value is -3.65. The quantitative estimate of drug-likeness (QED) is 0.147. The number of rotatable bonds is 13. The van der Waals surface area contributed by atoms with E-state index >= 15 is 0 Å². The van der Waals surface area contributed by atoms with Gasteiger partial charge in [0.1, 0.15) is 17.3 Å². The summed E-state index contributed by atoms with van der Waals surface area (Å²) in [7, 11) is 3.14. The van der Waals surface area contributed by atoms with Crippen LogP contribution in [0.5, 0.6) is 11.5 Å². The Morgan fingerprint density at radius 2 is 1.73 bits per heavy atom. The van der Waals surface area contributed by atoms with Crippen LogP contribution in [0.3, 0.4) is 0 Å². The topological polar surface area (TPSA) is 73.7 Å². The fourth-order valence-corrected chi connectivity index (χ4v) is 5.63. The van der Waals surface area contributed by atoms with Crippen molar-refractivity contribution < 1.29 is 14.3 Å². The summed E-state index contributed by atoms with van der Waals surface area (Å²) in [6.07, 6.45) is 5.20. The van der Waals surface area contributed by atoms with Gasteiger partial charge in [0, 0.05) is 25.1 Å². The fourth-order valence-electron chi connectivity index (χ4n) is 5.07. The lowest BCUT2D eigenvalue weighted by Gasteiger charge is -2.31. The van der Waals surface area contributed by atoms with Crippen molar-refractivity contribution >= 4 is 32.7 Å². The first kappa shape index (κ1) is 30.3. The summed E-state index contributed by atoms with van der Waals surface area (Å²) >= 11 is 3.65. The van der Waals surface area contributed by atoms with Crippen LogP contribution in [-0.2, 0) is 11.2 Å². The first-order chi connectivity index (χ1) is 19.9. The lowest BCUT2D eigenvalue weighted by molar-refractivity contribution is -0.133. The van der Waals surface area contributed by atoms with Gasteiger partial charge in [0.05, 0.1) is 41.3 Å². The van der Waals surface area contributed by atoms with Crippen LogP contribution in [0.2, 0.25) is 0 Å². The lowest BCUT2D eigenvalue weighted by atomic mass is 10.1. The smallest absolute Gasteiger partial charge is 0.266 e. The molecule has 216 valence electrons. The summed E-state index contributed by atoms with van der Waals surface area (Å²) in [6, 6.07) is 20.5. The summed E-state index contributed by atoms with van der Waals surface area (Å²) in [4.78, 5) is 34.8. The molecular formula is C33H38BrN3O4. The molecule has 1 aromatic heterocycles. The third-order valence-corrected chi connectivity index (χ3v) is 8.18. The number of benzene rings is 3. The predicted molar refractivity (Wildman–Crippen MR) is 167 cm³/mol. The first-order valence-corrected chi connectivity index (χ1v) is 15.0. The molecule has 0 saturated heterocycles. The van der Waals surface area contributed by atoms with Crippen molar-refractivity contribution in [1.29, 1.82) is 0 Å². The van der Waals surface area contributed by atoms with Crippen LogP contribution in [-0.4, -0.2) is 41.1 Å². The Morgan fingerprint density at radius 3 is 2.44 bits per heavy atom. The third-order valence-electron chi connectivity index (χ3n) is 7.38. The zero-order valence-corrected chi connectivity index (χ0v) is 25.8. The molecule has 0 aliphatic carbocycles. The second kappa shape index (κ2) is 14.3. The molecule has 0 aliphatic rings. The van der Waals surface area contributed by atoms with Crippen LogP contribution in [0.1, 0.15) is 63.4 Å². The highest BCUT2D eigenvalue weighted by molar-refractivity contribution is 9.10. The highest BCUT2D eigenvalue weighted by atomic mass is 79.9. The van der Waals surface area contributed by atoms with Crippen molar-refractivity contribution in [3.63, 3.8) is 0 Å². The van der Waals surface area contributed by atoms with Crippen molar-refractivity contribution in [2.45, 2.75) is 58.4 Å². The molecule has 4 aromatic rings. The van der Waals surface area contributed by atoms with Gasteiger partial charge in [0.15, 0.2) is 0 Å². The molecule has 4 rings (SSSR count). The minimum absolute atomic E-state index is 0.0563. The number of hydrogen-bond acceptors (Lipinski definition) is 5. The van der Waals surface area contributed by atoms with Gasteiger partial charge in [-0.2, -0.15) is 0 Å². The molecule has 1 heterocycles. The van der Waals surface area contributed by atoms with Gasteiger partial charge in [0.2, 0.25) is 5.91 Å². The number of methoxy groups -OCH3 is 2. The second-order valence-electron chi connectivity index (χ2n) is 10.1. The van der Waals surface area contributed by atoms with E-state index in [1.165, 1.54) is 0 Å². The number of carbonyl (C=O) groups is 1. The number of amides is 1. The molecule has 7 nitrogen and oxygen atoms in total. The van der Waals surface area contributed by atoms with E-state index in [0.717, 1.165) is 31.2 Å². The number of hydrogen-bond donors (Lipinski definition) is 0. The Morgan fingerprint density at radius 1 is 1.00 bits per heavy atom. The number of nitrogens with zero attached hydrogens (tertiary/aromatic N) is 3. The molecule has 41 heavy (non-hydrogen) atoms. The zero-order chi connectivity index (χ0) is 29.4. The van der Waals surface area contributed by atoms with E-state index in [0.29, 0.717) is 57.8 Å². The van der Waals surface area contributed by atoms with Gasteiger partial charge in [-0.1, -0.05) is 68.7 Å². The van der Waals surface area contributed by atoms with Gasteiger partial charge in [0.25, 0.3) is 5.56 Å². The number of ether oxygens (including phenoxy) is 2. The molecule has 0 bridgehead atoms. The first-order valence-electron chi connectivity index (χ1n) is 14.2. The van der Waals surface area contributed by atoms with Crippen LogP contribution in [0.15, 0.2) is 76.0 Å². The second-order valence-corrected chi connectivity index (χ2v) is 10.9. The monoisotopic (exact) mass is 619 g/mol. The van der Waals surface area contributed by atoms with Gasteiger partial charge in [-0.05, 0) is 53.4 Å². The zero-order valence-electron chi connectivity index (χ0n) is 24.2. The van der Waals surface area contributed by atoms with E-state index in [1.807, 2.05) is 48.2 Å². The molecule has 0 saturated carbocycles. The van der Waals surface area contributed by atoms with Crippen molar-refractivity contribution in [3.8, 4) is 17.2 Å². The van der Waals surface area contributed by atoms with Gasteiger partial charge in [-0.3, -0.25) is 14.2 Å². The number of fused-ring (bicyclic) bond motifs is 1. The molecule has 1 atom stereocenters. The molecule has 0 spiro atoms. The van der Waals surface area contributed by atoms with E-state index in [2.05, 4.69) is 35.0 Å². The molecule has 3 aromatic carbocycles.